The van der Waals surface area contributed by atoms with Gasteiger partial charge in [-0.05, 0) is 91.7 Å². The van der Waals surface area contributed by atoms with Gasteiger partial charge in [-0.1, -0.05) is 132 Å². The van der Waals surface area contributed by atoms with Gasteiger partial charge in [-0.15, -0.1) is 0 Å². The molecule has 4 aromatic rings. The van der Waals surface area contributed by atoms with Crippen LogP contribution in [0.3, 0.4) is 0 Å². The van der Waals surface area contributed by atoms with E-state index in [1.165, 1.54) is 44.5 Å². The molecule has 0 unspecified atom stereocenters. The highest BCUT2D eigenvalue weighted by atomic mass is 79.9. The number of benzene rings is 4. The fourth-order valence-electron chi connectivity index (χ4n) is 4.22. The lowest BCUT2D eigenvalue weighted by molar-refractivity contribution is 0.589. The maximum Gasteiger partial charge on any atom is 0.0256 e. The lowest BCUT2D eigenvalue weighted by Crippen LogP contribution is -2.10. The molecule has 4 rings (SSSR count). The molecular formula is C32H31Br3. The molecule has 35 heavy (non-hydrogen) atoms. The van der Waals surface area contributed by atoms with E-state index >= 15 is 0 Å². The molecule has 0 aromatic heterocycles. The summed E-state index contributed by atoms with van der Waals surface area (Å²) in [5.41, 5.74) is 9.95. The summed E-state index contributed by atoms with van der Waals surface area (Å²) in [7, 11) is 0. The highest BCUT2D eigenvalue weighted by Crippen LogP contribution is 2.41. The Morgan fingerprint density at radius 2 is 0.800 bits per heavy atom. The Hall–Kier alpha value is -1.68. The average molecular weight is 655 g/mol. The SMILES string of the molecule is CC(C)(C)c1ccc(-c2cc(-c3ccccc3Br)cc(-c3ccc(C(C)(C)C)cc3Br)c2)c(Br)c1. The fourth-order valence-corrected chi connectivity index (χ4v) is 5.95. The molecule has 180 valence electrons. The van der Waals surface area contributed by atoms with Gasteiger partial charge in [-0.3, -0.25) is 0 Å². The number of halogens is 3. The summed E-state index contributed by atoms with van der Waals surface area (Å²) >= 11 is 11.5. The molecule has 0 heterocycles. The molecule has 4 aromatic carbocycles. The molecule has 0 radical (unpaired) electrons. The minimum absolute atomic E-state index is 0.0998. The predicted octanol–water partition coefficient (Wildman–Crippen LogP) is 11.6. The van der Waals surface area contributed by atoms with Crippen LogP contribution in [0.4, 0.5) is 0 Å². The maximum absolute atomic E-state index is 3.88. The quantitative estimate of drug-likeness (QED) is 0.206. The smallest absolute Gasteiger partial charge is 0.0256 e. The van der Waals surface area contributed by atoms with Crippen LogP contribution in [0, 0.1) is 0 Å². The van der Waals surface area contributed by atoms with Crippen LogP contribution >= 0.6 is 47.8 Å². The van der Waals surface area contributed by atoms with Crippen LogP contribution in [-0.2, 0) is 10.8 Å². The Bertz CT molecular complexity index is 1300. The van der Waals surface area contributed by atoms with Gasteiger partial charge in [0.25, 0.3) is 0 Å². The van der Waals surface area contributed by atoms with Crippen molar-refractivity contribution >= 4 is 47.8 Å². The van der Waals surface area contributed by atoms with Crippen LogP contribution in [0.15, 0.2) is 92.3 Å². The third-order valence-electron chi connectivity index (χ3n) is 6.41. The Balaban J connectivity index is 1.93. The molecule has 0 saturated heterocycles. The van der Waals surface area contributed by atoms with E-state index in [0.717, 1.165) is 13.4 Å². The zero-order valence-corrected chi connectivity index (χ0v) is 25.9. The molecule has 0 bridgehead atoms. The molecule has 0 spiro atoms. The lowest BCUT2D eigenvalue weighted by atomic mass is 9.85. The van der Waals surface area contributed by atoms with E-state index < -0.39 is 0 Å². The van der Waals surface area contributed by atoms with Crippen LogP contribution < -0.4 is 0 Å². The van der Waals surface area contributed by atoms with Crippen LogP contribution in [0.1, 0.15) is 52.7 Å². The van der Waals surface area contributed by atoms with Crippen LogP contribution in [0.5, 0.6) is 0 Å². The maximum atomic E-state index is 3.88. The first kappa shape index (κ1) is 26.4. The van der Waals surface area contributed by atoms with E-state index in [-0.39, 0.29) is 10.8 Å². The van der Waals surface area contributed by atoms with Gasteiger partial charge in [-0.25, -0.2) is 0 Å². The van der Waals surface area contributed by atoms with Gasteiger partial charge in [0.2, 0.25) is 0 Å². The van der Waals surface area contributed by atoms with E-state index in [1.807, 2.05) is 0 Å². The van der Waals surface area contributed by atoms with Crippen molar-refractivity contribution in [1.29, 1.82) is 0 Å². The highest BCUT2D eigenvalue weighted by molar-refractivity contribution is 9.11. The Labute approximate surface area is 235 Å². The summed E-state index contributed by atoms with van der Waals surface area (Å²) in [6.45, 7) is 13.5. The first-order chi connectivity index (χ1) is 16.3. The van der Waals surface area contributed by atoms with Crippen molar-refractivity contribution in [1.82, 2.24) is 0 Å². The first-order valence-corrected chi connectivity index (χ1v) is 14.2. The predicted molar refractivity (Wildman–Crippen MR) is 163 cm³/mol. The van der Waals surface area contributed by atoms with Gasteiger partial charge < -0.3 is 0 Å². The second kappa shape index (κ2) is 10.00. The number of hydrogen-bond acceptors (Lipinski definition) is 0. The summed E-state index contributed by atoms with van der Waals surface area (Å²) in [4.78, 5) is 0. The standard InChI is InChI=1S/C32H31Br3/c1-31(2,3)23-11-13-26(29(34)18-23)21-15-20(25-9-7-8-10-28(25)33)16-22(17-21)27-14-12-24(19-30(27)35)32(4,5)6/h7-19H,1-6H3. The molecule has 0 fully saturated rings. The highest BCUT2D eigenvalue weighted by Gasteiger charge is 2.18. The topological polar surface area (TPSA) is 0 Å². The van der Waals surface area contributed by atoms with E-state index in [4.69, 9.17) is 0 Å². The van der Waals surface area contributed by atoms with Gasteiger partial charge in [0, 0.05) is 13.4 Å². The molecule has 3 heteroatoms. The third kappa shape index (κ3) is 5.84. The molecule has 0 N–H and O–H groups in total. The van der Waals surface area contributed by atoms with Gasteiger partial charge >= 0.3 is 0 Å². The minimum Gasteiger partial charge on any atom is -0.0616 e. The Morgan fingerprint density at radius 1 is 0.429 bits per heavy atom. The molecule has 0 saturated carbocycles. The van der Waals surface area contributed by atoms with Crippen molar-refractivity contribution in [3.05, 3.63) is 103 Å². The molecular weight excluding hydrogens is 624 g/mol. The van der Waals surface area contributed by atoms with E-state index in [2.05, 4.69) is 168 Å². The molecule has 0 amide bonds. The van der Waals surface area contributed by atoms with Crippen molar-refractivity contribution in [3.8, 4) is 33.4 Å². The lowest BCUT2D eigenvalue weighted by Gasteiger charge is -2.21. The zero-order chi connectivity index (χ0) is 25.5. The van der Waals surface area contributed by atoms with E-state index in [1.54, 1.807) is 0 Å². The monoisotopic (exact) mass is 652 g/mol. The van der Waals surface area contributed by atoms with Crippen molar-refractivity contribution in [3.63, 3.8) is 0 Å². The van der Waals surface area contributed by atoms with E-state index in [0.29, 0.717) is 0 Å². The van der Waals surface area contributed by atoms with Crippen LogP contribution in [0.2, 0.25) is 0 Å². The van der Waals surface area contributed by atoms with Crippen molar-refractivity contribution in [2.24, 2.45) is 0 Å². The van der Waals surface area contributed by atoms with Gasteiger partial charge in [-0.2, -0.15) is 0 Å². The fraction of sp³-hybridized carbons (Fsp3) is 0.250. The number of hydrogen-bond donors (Lipinski definition) is 0. The van der Waals surface area contributed by atoms with E-state index in [9.17, 15) is 0 Å². The second-order valence-corrected chi connectivity index (χ2v) is 13.7. The van der Waals surface area contributed by atoms with Gasteiger partial charge in [0.1, 0.15) is 0 Å². The summed E-state index contributed by atoms with van der Waals surface area (Å²) < 4.78 is 3.32. The van der Waals surface area contributed by atoms with Crippen LogP contribution in [-0.4, -0.2) is 0 Å². The summed E-state index contributed by atoms with van der Waals surface area (Å²) in [5.74, 6) is 0. The summed E-state index contributed by atoms with van der Waals surface area (Å²) in [5, 5.41) is 0. The summed E-state index contributed by atoms with van der Waals surface area (Å²) in [6.07, 6.45) is 0. The normalized spacial score (nSPS) is 12.1. The van der Waals surface area contributed by atoms with Crippen molar-refractivity contribution in [2.45, 2.75) is 52.4 Å². The zero-order valence-electron chi connectivity index (χ0n) is 21.1. The first-order valence-electron chi connectivity index (χ1n) is 11.9. The Kier molecular flexibility index (Phi) is 7.53. The summed E-state index contributed by atoms with van der Waals surface area (Å²) in [6, 6.07) is 28.8. The Morgan fingerprint density at radius 3 is 1.14 bits per heavy atom. The largest absolute Gasteiger partial charge is 0.0616 e. The molecule has 0 aliphatic carbocycles. The third-order valence-corrected chi connectivity index (χ3v) is 8.41. The molecule has 0 nitrogen and oxygen atoms in total. The second-order valence-electron chi connectivity index (χ2n) is 11.2. The number of rotatable bonds is 3. The molecule has 0 aliphatic heterocycles. The van der Waals surface area contributed by atoms with Crippen molar-refractivity contribution < 1.29 is 0 Å². The minimum atomic E-state index is 0.0998. The molecule has 0 aliphatic rings. The molecule has 0 atom stereocenters. The van der Waals surface area contributed by atoms with Crippen LogP contribution in [0.25, 0.3) is 33.4 Å². The average Bonchev–Trinajstić information content (AvgIpc) is 2.77. The van der Waals surface area contributed by atoms with Gasteiger partial charge in [0.05, 0.1) is 0 Å². The van der Waals surface area contributed by atoms with Crippen molar-refractivity contribution in [2.75, 3.05) is 0 Å². The van der Waals surface area contributed by atoms with Gasteiger partial charge in [0.15, 0.2) is 0 Å².